The molecule has 0 aliphatic heterocycles. The Bertz CT molecular complexity index is 1160. The van der Waals surface area contributed by atoms with Crippen LogP contribution < -0.4 is 11.1 Å². The van der Waals surface area contributed by atoms with Crippen LogP contribution in [0.5, 0.6) is 0 Å². The highest BCUT2D eigenvalue weighted by Crippen LogP contribution is 2.32. The Morgan fingerprint density at radius 1 is 1.00 bits per heavy atom. The van der Waals surface area contributed by atoms with E-state index in [4.69, 9.17) is 5.73 Å². The number of hydrogen-bond acceptors (Lipinski definition) is 3. The number of thioether (sulfide) groups is 1. The van der Waals surface area contributed by atoms with Gasteiger partial charge in [-0.3, -0.25) is 4.79 Å². The zero-order valence-electron chi connectivity index (χ0n) is 16.7. The Hall–Kier alpha value is -2.92. The van der Waals surface area contributed by atoms with Crippen molar-refractivity contribution in [3.63, 3.8) is 0 Å². The highest BCUT2D eigenvalue weighted by atomic mass is 32.2. The third-order valence-corrected chi connectivity index (χ3v) is 6.55. The van der Waals surface area contributed by atoms with Crippen LogP contribution in [-0.4, -0.2) is 15.7 Å². The number of hydrogen-bond donors (Lipinski definition) is 2. The third kappa shape index (κ3) is 3.83. The number of aromatic nitrogens is 1. The molecule has 29 heavy (non-hydrogen) atoms. The van der Waals surface area contributed by atoms with Crippen LogP contribution in [0.3, 0.4) is 0 Å². The number of rotatable bonds is 6. The van der Waals surface area contributed by atoms with E-state index in [-0.39, 0.29) is 11.2 Å². The monoisotopic (exact) mass is 403 g/mol. The SMILES string of the molecule is CCC(Sc1ccc(N)cc1)C(=O)Nc1ccc2c(c1)c1ccccc1n2CC. The first kappa shape index (κ1) is 19.4. The minimum Gasteiger partial charge on any atom is -0.399 e. The number of aryl methyl sites for hydroxylation is 1. The molecule has 0 bridgehead atoms. The number of nitrogen functional groups attached to an aromatic ring is 1. The molecule has 1 unspecified atom stereocenters. The van der Waals surface area contributed by atoms with Gasteiger partial charge in [0.1, 0.15) is 0 Å². The molecule has 3 N–H and O–H groups in total. The third-order valence-electron chi connectivity index (χ3n) is 5.18. The molecular formula is C24H25N3OS. The van der Waals surface area contributed by atoms with Gasteiger partial charge < -0.3 is 15.6 Å². The topological polar surface area (TPSA) is 60.1 Å². The lowest BCUT2D eigenvalue weighted by molar-refractivity contribution is -0.115. The lowest BCUT2D eigenvalue weighted by Gasteiger charge is -2.15. The second kappa shape index (κ2) is 8.21. The van der Waals surface area contributed by atoms with E-state index in [1.807, 2.05) is 37.3 Å². The van der Waals surface area contributed by atoms with Crippen molar-refractivity contribution in [3.05, 3.63) is 66.7 Å². The number of para-hydroxylation sites is 1. The van der Waals surface area contributed by atoms with Crippen LogP contribution in [0.1, 0.15) is 20.3 Å². The Labute approximate surface area is 175 Å². The molecule has 4 rings (SSSR count). The van der Waals surface area contributed by atoms with E-state index in [0.717, 1.165) is 29.2 Å². The molecule has 0 radical (unpaired) electrons. The fourth-order valence-electron chi connectivity index (χ4n) is 3.73. The number of anilines is 2. The minimum atomic E-state index is -0.161. The van der Waals surface area contributed by atoms with E-state index in [0.29, 0.717) is 0 Å². The summed E-state index contributed by atoms with van der Waals surface area (Å²) in [6, 6.07) is 22.2. The number of nitrogens with one attached hydrogen (secondary N) is 1. The van der Waals surface area contributed by atoms with E-state index >= 15 is 0 Å². The molecule has 4 aromatic rings. The van der Waals surface area contributed by atoms with Gasteiger partial charge in [-0.25, -0.2) is 0 Å². The predicted octanol–water partition coefficient (Wildman–Crippen LogP) is 5.91. The maximum Gasteiger partial charge on any atom is 0.237 e. The second-order valence-corrected chi connectivity index (χ2v) is 8.34. The largest absolute Gasteiger partial charge is 0.399 e. The van der Waals surface area contributed by atoms with Gasteiger partial charge in [-0.05, 0) is 61.9 Å². The number of carbonyl (C=O) groups excluding carboxylic acids is 1. The quantitative estimate of drug-likeness (QED) is 0.311. The van der Waals surface area contributed by atoms with Gasteiger partial charge in [0.2, 0.25) is 5.91 Å². The lowest BCUT2D eigenvalue weighted by Crippen LogP contribution is -2.24. The first-order chi connectivity index (χ1) is 14.1. The molecule has 148 valence electrons. The summed E-state index contributed by atoms with van der Waals surface area (Å²) in [6.07, 6.45) is 0.748. The molecule has 5 heteroatoms. The summed E-state index contributed by atoms with van der Waals surface area (Å²) in [5.41, 5.74) is 9.73. The summed E-state index contributed by atoms with van der Waals surface area (Å²) >= 11 is 1.57. The standard InChI is InChI=1S/C24H25N3OS/c1-3-23(29-18-12-9-16(25)10-13-18)24(28)26-17-11-14-22-20(15-17)19-7-5-6-8-21(19)27(22)4-2/h5-15,23H,3-4,25H2,1-2H3,(H,26,28). The van der Waals surface area contributed by atoms with Gasteiger partial charge in [0.05, 0.1) is 5.25 Å². The highest BCUT2D eigenvalue weighted by molar-refractivity contribution is 8.00. The molecule has 1 heterocycles. The normalized spacial score (nSPS) is 12.3. The number of amides is 1. The zero-order chi connectivity index (χ0) is 20.4. The fraction of sp³-hybridized carbons (Fsp3) is 0.208. The number of nitrogens with two attached hydrogens (primary N) is 1. The van der Waals surface area contributed by atoms with Crippen molar-refractivity contribution in [2.75, 3.05) is 11.1 Å². The minimum absolute atomic E-state index is 0.0212. The van der Waals surface area contributed by atoms with Crippen LogP contribution in [0.4, 0.5) is 11.4 Å². The molecule has 0 saturated heterocycles. The fourth-order valence-corrected chi connectivity index (χ4v) is 4.68. The molecule has 4 nitrogen and oxygen atoms in total. The van der Waals surface area contributed by atoms with Crippen LogP contribution in [0.25, 0.3) is 21.8 Å². The zero-order valence-corrected chi connectivity index (χ0v) is 17.5. The first-order valence-corrected chi connectivity index (χ1v) is 10.8. The van der Waals surface area contributed by atoms with Crippen LogP contribution in [0.2, 0.25) is 0 Å². The Morgan fingerprint density at radius 3 is 2.45 bits per heavy atom. The van der Waals surface area contributed by atoms with E-state index in [9.17, 15) is 4.79 Å². The van der Waals surface area contributed by atoms with Gasteiger partial charge in [-0.15, -0.1) is 11.8 Å². The van der Waals surface area contributed by atoms with Crippen LogP contribution >= 0.6 is 11.8 Å². The van der Waals surface area contributed by atoms with E-state index < -0.39 is 0 Å². The highest BCUT2D eigenvalue weighted by Gasteiger charge is 2.19. The van der Waals surface area contributed by atoms with Gasteiger partial charge in [0.15, 0.2) is 0 Å². The van der Waals surface area contributed by atoms with Crippen LogP contribution in [0, 0.1) is 0 Å². The second-order valence-electron chi connectivity index (χ2n) is 7.07. The summed E-state index contributed by atoms with van der Waals surface area (Å²) in [5, 5.41) is 5.33. The van der Waals surface area contributed by atoms with E-state index in [1.54, 1.807) is 11.8 Å². The maximum atomic E-state index is 12.9. The number of benzene rings is 3. The number of nitrogens with zero attached hydrogens (tertiary/aromatic N) is 1. The Balaban J connectivity index is 1.60. The molecule has 0 spiro atoms. The maximum absolute atomic E-state index is 12.9. The average Bonchev–Trinajstić information content (AvgIpc) is 3.06. The average molecular weight is 404 g/mol. The molecule has 0 aliphatic rings. The summed E-state index contributed by atoms with van der Waals surface area (Å²) in [5.74, 6) is 0.0212. The lowest BCUT2D eigenvalue weighted by atomic mass is 10.1. The molecule has 1 aromatic heterocycles. The van der Waals surface area contributed by atoms with Crippen LogP contribution in [-0.2, 0) is 11.3 Å². The van der Waals surface area contributed by atoms with Gasteiger partial charge >= 0.3 is 0 Å². The Morgan fingerprint density at radius 2 is 1.72 bits per heavy atom. The first-order valence-electron chi connectivity index (χ1n) is 9.94. The van der Waals surface area contributed by atoms with Crippen molar-refractivity contribution >= 4 is 50.8 Å². The summed E-state index contributed by atoms with van der Waals surface area (Å²) in [7, 11) is 0. The van der Waals surface area contributed by atoms with E-state index in [1.165, 1.54) is 21.8 Å². The molecule has 1 amide bonds. The molecule has 0 aliphatic carbocycles. The molecule has 0 fully saturated rings. The molecule has 3 aromatic carbocycles. The van der Waals surface area contributed by atoms with Gasteiger partial charge in [-0.1, -0.05) is 25.1 Å². The van der Waals surface area contributed by atoms with Crippen molar-refractivity contribution in [3.8, 4) is 0 Å². The van der Waals surface area contributed by atoms with Gasteiger partial charge in [-0.2, -0.15) is 0 Å². The summed E-state index contributed by atoms with van der Waals surface area (Å²) in [6.45, 7) is 5.10. The van der Waals surface area contributed by atoms with Crippen molar-refractivity contribution in [2.24, 2.45) is 0 Å². The van der Waals surface area contributed by atoms with Crippen LogP contribution in [0.15, 0.2) is 71.6 Å². The van der Waals surface area contributed by atoms with E-state index in [2.05, 4.69) is 53.2 Å². The van der Waals surface area contributed by atoms with Crippen molar-refractivity contribution in [2.45, 2.75) is 37.0 Å². The summed E-state index contributed by atoms with van der Waals surface area (Å²) in [4.78, 5) is 14.0. The van der Waals surface area contributed by atoms with Gasteiger partial charge in [0, 0.05) is 44.6 Å². The molecule has 1 atom stereocenters. The predicted molar refractivity (Wildman–Crippen MR) is 125 cm³/mol. The van der Waals surface area contributed by atoms with Crippen molar-refractivity contribution < 1.29 is 4.79 Å². The molecule has 0 saturated carbocycles. The summed E-state index contributed by atoms with van der Waals surface area (Å²) < 4.78 is 2.31. The van der Waals surface area contributed by atoms with Gasteiger partial charge in [0.25, 0.3) is 0 Å². The number of fused-ring (bicyclic) bond motifs is 3. The smallest absolute Gasteiger partial charge is 0.237 e. The van der Waals surface area contributed by atoms with Crippen molar-refractivity contribution in [1.29, 1.82) is 0 Å². The Kier molecular flexibility index (Phi) is 5.49. The number of carbonyl (C=O) groups is 1. The van der Waals surface area contributed by atoms with Crippen molar-refractivity contribution in [1.82, 2.24) is 4.57 Å². The molecular weight excluding hydrogens is 378 g/mol.